The third-order valence-electron chi connectivity index (χ3n) is 3.20. The molecule has 0 bridgehead atoms. The molecule has 1 N–H and O–H groups in total. The van der Waals surface area contributed by atoms with E-state index in [1.807, 2.05) is 6.07 Å². The summed E-state index contributed by atoms with van der Waals surface area (Å²) in [5.41, 5.74) is 1.03. The average molecular weight is 263 g/mol. The summed E-state index contributed by atoms with van der Waals surface area (Å²) in [6.07, 6.45) is 0. The molecule has 0 radical (unpaired) electrons. The van der Waals surface area contributed by atoms with E-state index in [1.54, 1.807) is 6.07 Å². The predicted molar refractivity (Wildman–Crippen MR) is 70.1 cm³/mol. The molecule has 0 spiro atoms. The number of morpholine rings is 1. The van der Waals surface area contributed by atoms with Crippen molar-refractivity contribution in [2.75, 3.05) is 39.4 Å². The maximum atomic E-state index is 13.5. The fourth-order valence-electron chi connectivity index (χ4n) is 2.06. The Labute approximate surface area is 112 Å². The molecule has 0 saturated carbocycles. The molecular formula is C14H18FN3O. The normalized spacial score (nSPS) is 16.2. The highest BCUT2D eigenvalue weighted by atomic mass is 19.1. The smallest absolute Gasteiger partial charge is 0.127 e. The van der Waals surface area contributed by atoms with Crippen molar-refractivity contribution in [3.63, 3.8) is 0 Å². The molecule has 102 valence electrons. The minimum atomic E-state index is -0.266. The van der Waals surface area contributed by atoms with Crippen molar-refractivity contribution in [1.29, 1.82) is 5.26 Å². The van der Waals surface area contributed by atoms with Crippen molar-refractivity contribution in [1.82, 2.24) is 10.2 Å². The molecule has 5 heteroatoms. The number of nitrogens with zero attached hydrogens (tertiary/aromatic N) is 2. The number of halogens is 1. The lowest BCUT2D eigenvalue weighted by Crippen LogP contribution is -2.40. The summed E-state index contributed by atoms with van der Waals surface area (Å²) in [4.78, 5) is 2.32. The molecule has 0 atom stereocenters. The van der Waals surface area contributed by atoms with Gasteiger partial charge in [0.25, 0.3) is 0 Å². The highest BCUT2D eigenvalue weighted by Gasteiger charge is 2.09. The number of benzene rings is 1. The summed E-state index contributed by atoms with van der Waals surface area (Å²) in [5.74, 6) is -0.266. The van der Waals surface area contributed by atoms with Crippen LogP contribution in [0.5, 0.6) is 0 Å². The lowest BCUT2D eigenvalue weighted by Gasteiger charge is -2.26. The molecule has 1 saturated heterocycles. The molecule has 0 aromatic heterocycles. The van der Waals surface area contributed by atoms with Gasteiger partial charge in [0.1, 0.15) is 5.82 Å². The Morgan fingerprint density at radius 3 is 2.89 bits per heavy atom. The number of hydrogen-bond donors (Lipinski definition) is 1. The van der Waals surface area contributed by atoms with Crippen LogP contribution in [0.4, 0.5) is 4.39 Å². The van der Waals surface area contributed by atoms with Gasteiger partial charge in [-0.2, -0.15) is 5.26 Å². The number of nitrogens with one attached hydrogen (secondary N) is 1. The first-order valence-electron chi connectivity index (χ1n) is 6.49. The zero-order valence-corrected chi connectivity index (χ0v) is 10.9. The largest absolute Gasteiger partial charge is 0.379 e. The van der Waals surface area contributed by atoms with Crippen LogP contribution in [0.3, 0.4) is 0 Å². The van der Waals surface area contributed by atoms with E-state index in [2.05, 4.69) is 10.2 Å². The minimum absolute atomic E-state index is 0.266. The van der Waals surface area contributed by atoms with E-state index in [0.717, 1.165) is 39.4 Å². The second kappa shape index (κ2) is 7.19. The number of ether oxygens (including phenoxy) is 1. The Morgan fingerprint density at radius 2 is 2.16 bits per heavy atom. The molecular weight excluding hydrogens is 245 g/mol. The summed E-state index contributed by atoms with van der Waals surface area (Å²) < 4.78 is 18.8. The fraction of sp³-hybridized carbons (Fsp3) is 0.500. The molecule has 19 heavy (non-hydrogen) atoms. The number of rotatable bonds is 5. The van der Waals surface area contributed by atoms with Crippen LogP contribution in [-0.4, -0.2) is 44.3 Å². The molecule has 0 amide bonds. The van der Waals surface area contributed by atoms with Gasteiger partial charge in [0.05, 0.1) is 24.8 Å². The van der Waals surface area contributed by atoms with Crippen molar-refractivity contribution in [3.8, 4) is 6.07 Å². The third kappa shape index (κ3) is 4.28. The molecule has 1 heterocycles. The van der Waals surface area contributed by atoms with Gasteiger partial charge in [-0.3, -0.25) is 4.90 Å². The van der Waals surface area contributed by atoms with Gasteiger partial charge < -0.3 is 10.1 Å². The van der Waals surface area contributed by atoms with Crippen LogP contribution in [0.1, 0.15) is 11.1 Å². The summed E-state index contributed by atoms with van der Waals surface area (Å²) in [7, 11) is 0. The lowest BCUT2D eigenvalue weighted by molar-refractivity contribution is 0.0384. The number of nitriles is 1. The molecule has 1 aliphatic rings. The standard InChI is InChI=1S/C14H18FN3O/c15-14-2-1-12(10-16)9-13(14)11-17-3-4-18-5-7-19-8-6-18/h1-2,9,17H,3-8,11H2. The second-order valence-corrected chi connectivity index (χ2v) is 4.55. The van der Waals surface area contributed by atoms with Crippen LogP contribution in [0.2, 0.25) is 0 Å². The Balaban J connectivity index is 1.74. The molecule has 4 nitrogen and oxygen atoms in total. The molecule has 1 fully saturated rings. The molecule has 1 aliphatic heterocycles. The minimum Gasteiger partial charge on any atom is -0.379 e. The van der Waals surface area contributed by atoms with Crippen LogP contribution < -0.4 is 5.32 Å². The zero-order valence-electron chi connectivity index (χ0n) is 10.9. The summed E-state index contributed by atoms with van der Waals surface area (Å²) in [6.45, 7) is 5.68. The van der Waals surface area contributed by atoms with Gasteiger partial charge in [-0.1, -0.05) is 0 Å². The Kier molecular flexibility index (Phi) is 5.28. The first-order chi connectivity index (χ1) is 9.29. The van der Waals surface area contributed by atoms with Crippen molar-refractivity contribution < 1.29 is 9.13 Å². The van der Waals surface area contributed by atoms with Crippen molar-refractivity contribution in [3.05, 3.63) is 35.1 Å². The van der Waals surface area contributed by atoms with E-state index in [0.29, 0.717) is 17.7 Å². The molecule has 2 rings (SSSR count). The van der Waals surface area contributed by atoms with Gasteiger partial charge in [0, 0.05) is 38.3 Å². The Morgan fingerprint density at radius 1 is 1.37 bits per heavy atom. The highest BCUT2D eigenvalue weighted by molar-refractivity contribution is 5.33. The van der Waals surface area contributed by atoms with E-state index < -0.39 is 0 Å². The highest BCUT2D eigenvalue weighted by Crippen LogP contribution is 2.09. The van der Waals surface area contributed by atoms with E-state index in [4.69, 9.17) is 10.00 Å². The van der Waals surface area contributed by atoms with Gasteiger partial charge in [0.2, 0.25) is 0 Å². The lowest BCUT2D eigenvalue weighted by atomic mass is 10.1. The van der Waals surface area contributed by atoms with Gasteiger partial charge in [-0.25, -0.2) is 4.39 Å². The molecule has 0 unspecified atom stereocenters. The predicted octanol–water partition coefficient (Wildman–Crippen LogP) is 1.12. The molecule has 0 aliphatic carbocycles. The van der Waals surface area contributed by atoms with Gasteiger partial charge in [-0.05, 0) is 18.2 Å². The first-order valence-corrected chi connectivity index (χ1v) is 6.49. The van der Waals surface area contributed by atoms with E-state index in [1.165, 1.54) is 12.1 Å². The topological polar surface area (TPSA) is 48.3 Å². The monoisotopic (exact) mass is 263 g/mol. The Hall–Kier alpha value is -1.48. The van der Waals surface area contributed by atoms with Crippen LogP contribution >= 0.6 is 0 Å². The SMILES string of the molecule is N#Cc1ccc(F)c(CNCCN2CCOCC2)c1. The summed E-state index contributed by atoms with van der Waals surface area (Å²) in [5, 5.41) is 12.0. The van der Waals surface area contributed by atoms with Crippen LogP contribution in [0.25, 0.3) is 0 Å². The average Bonchev–Trinajstić information content (AvgIpc) is 2.46. The molecule has 1 aromatic rings. The van der Waals surface area contributed by atoms with Gasteiger partial charge in [-0.15, -0.1) is 0 Å². The first kappa shape index (κ1) is 13.9. The number of hydrogen-bond acceptors (Lipinski definition) is 4. The fourth-order valence-corrected chi connectivity index (χ4v) is 2.06. The quantitative estimate of drug-likeness (QED) is 0.809. The van der Waals surface area contributed by atoms with Gasteiger partial charge in [0.15, 0.2) is 0 Å². The van der Waals surface area contributed by atoms with Crippen molar-refractivity contribution >= 4 is 0 Å². The third-order valence-corrected chi connectivity index (χ3v) is 3.20. The summed E-state index contributed by atoms with van der Waals surface area (Å²) >= 11 is 0. The van der Waals surface area contributed by atoms with E-state index in [9.17, 15) is 4.39 Å². The maximum Gasteiger partial charge on any atom is 0.127 e. The molecule has 1 aromatic carbocycles. The van der Waals surface area contributed by atoms with Crippen molar-refractivity contribution in [2.24, 2.45) is 0 Å². The Bertz CT molecular complexity index is 452. The summed E-state index contributed by atoms with van der Waals surface area (Å²) in [6, 6.07) is 6.45. The van der Waals surface area contributed by atoms with Crippen LogP contribution in [-0.2, 0) is 11.3 Å². The van der Waals surface area contributed by atoms with E-state index in [-0.39, 0.29) is 5.82 Å². The second-order valence-electron chi connectivity index (χ2n) is 4.55. The van der Waals surface area contributed by atoms with Crippen molar-refractivity contribution in [2.45, 2.75) is 6.54 Å². The van der Waals surface area contributed by atoms with E-state index >= 15 is 0 Å². The van der Waals surface area contributed by atoms with Gasteiger partial charge >= 0.3 is 0 Å². The zero-order chi connectivity index (χ0) is 13.5. The van der Waals surface area contributed by atoms with Crippen LogP contribution in [0.15, 0.2) is 18.2 Å². The maximum absolute atomic E-state index is 13.5. The van der Waals surface area contributed by atoms with Crippen LogP contribution in [0, 0.1) is 17.1 Å².